The summed E-state index contributed by atoms with van der Waals surface area (Å²) in [4.78, 5) is 0.282. The molecule has 26 heavy (non-hydrogen) atoms. The molecule has 0 saturated heterocycles. The van der Waals surface area contributed by atoms with E-state index >= 15 is 0 Å². The van der Waals surface area contributed by atoms with Gasteiger partial charge in [-0.25, -0.2) is 0 Å². The van der Waals surface area contributed by atoms with Crippen LogP contribution in [-0.2, 0) is 20.7 Å². The quantitative estimate of drug-likeness (QED) is 0.681. The molecule has 0 aromatic heterocycles. The van der Waals surface area contributed by atoms with Crippen LogP contribution in [0.15, 0.2) is 68.7 Å². The van der Waals surface area contributed by atoms with Crippen molar-refractivity contribution in [3.05, 3.63) is 71.1 Å². The molecule has 138 valence electrons. The first-order valence-corrected chi connectivity index (χ1v) is 11.8. The fourth-order valence-electron chi connectivity index (χ4n) is 3.08. The average molecular weight is 388 g/mol. The van der Waals surface area contributed by atoms with Crippen LogP contribution < -0.4 is 0 Å². The van der Waals surface area contributed by atoms with Crippen molar-refractivity contribution in [2.45, 2.75) is 49.2 Å². The van der Waals surface area contributed by atoms with Crippen LogP contribution in [0, 0.1) is 6.92 Å². The molecule has 0 aliphatic heterocycles. The summed E-state index contributed by atoms with van der Waals surface area (Å²) in [6.07, 6.45) is 7.66. The van der Waals surface area contributed by atoms with Gasteiger partial charge in [0.15, 0.2) is 0 Å². The lowest BCUT2D eigenvalue weighted by atomic mass is 10.0. The van der Waals surface area contributed by atoms with Gasteiger partial charge in [0.1, 0.15) is 0 Å². The van der Waals surface area contributed by atoms with Crippen LogP contribution in [0.4, 0.5) is 0 Å². The number of hydrogen-bond donors (Lipinski definition) is 0. The van der Waals surface area contributed by atoms with Crippen molar-refractivity contribution in [3.8, 4) is 0 Å². The highest BCUT2D eigenvalue weighted by atomic mass is 32.3. The van der Waals surface area contributed by atoms with Crippen LogP contribution in [0.5, 0.6) is 0 Å². The first kappa shape index (κ1) is 19.1. The molecule has 2 aromatic carbocycles. The second-order valence-corrected chi connectivity index (χ2v) is 10.3. The maximum atomic E-state index is 12.8. The van der Waals surface area contributed by atoms with E-state index in [0.29, 0.717) is 5.25 Å². The molecule has 0 spiro atoms. The van der Waals surface area contributed by atoms with E-state index in [2.05, 4.69) is 3.77 Å². The summed E-state index contributed by atoms with van der Waals surface area (Å²) in [5.74, 6) is 0. The van der Waals surface area contributed by atoms with Crippen molar-refractivity contribution >= 4 is 26.8 Å². The highest BCUT2D eigenvalue weighted by molar-refractivity contribution is 8.01. The number of benzene rings is 2. The zero-order chi connectivity index (χ0) is 18.4. The molecule has 3 nitrogen and oxygen atoms in total. The topological polar surface area (TPSA) is 46.5 Å². The van der Waals surface area contributed by atoms with Gasteiger partial charge in [0, 0.05) is 5.25 Å². The molecule has 5 heteroatoms. The molecule has 0 heterocycles. The highest BCUT2D eigenvalue weighted by Crippen LogP contribution is 2.26. The van der Waals surface area contributed by atoms with Crippen molar-refractivity contribution in [1.29, 1.82) is 0 Å². The van der Waals surface area contributed by atoms with Gasteiger partial charge in [-0.3, -0.25) is 0 Å². The van der Waals surface area contributed by atoms with Crippen molar-refractivity contribution in [1.82, 2.24) is 0 Å². The van der Waals surface area contributed by atoms with Crippen LogP contribution in [-0.4, -0.2) is 13.7 Å². The van der Waals surface area contributed by atoms with E-state index < -0.39 is 20.7 Å². The van der Waals surface area contributed by atoms with E-state index in [-0.39, 0.29) is 4.90 Å². The maximum Gasteiger partial charge on any atom is 0.288 e. The summed E-state index contributed by atoms with van der Waals surface area (Å²) in [5.41, 5.74) is 2.11. The lowest BCUT2D eigenvalue weighted by Gasteiger charge is -2.22. The molecule has 1 aliphatic carbocycles. The van der Waals surface area contributed by atoms with Crippen LogP contribution in [0.1, 0.15) is 43.2 Å². The molecule has 0 N–H and O–H groups in total. The Morgan fingerprint density at radius 1 is 0.962 bits per heavy atom. The second kappa shape index (κ2) is 8.78. The smallest absolute Gasteiger partial charge is 0.199 e. The molecule has 2 aromatic rings. The van der Waals surface area contributed by atoms with Gasteiger partial charge in [-0.2, -0.15) is 8.42 Å². The second-order valence-electron chi connectivity index (χ2n) is 6.68. The number of aryl methyl sites for hydroxylation is 1. The fraction of sp³-hybridized carbons (Fsp3) is 0.333. The Balaban J connectivity index is 1.94. The summed E-state index contributed by atoms with van der Waals surface area (Å²) < 4.78 is 30.0. The summed E-state index contributed by atoms with van der Waals surface area (Å²) >= 11 is 0. The van der Waals surface area contributed by atoms with Gasteiger partial charge < -0.3 is 0 Å². The minimum Gasteiger partial charge on any atom is -0.199 e. The molecule has 0 amide bonds. The van der Waals surface area contributed by atoms with Crippen LogP contribution in [0.2, 0.25) is 0 Å². The zero-order valence-corrected chi connectivity index (χ0v) is 16.7. The maximum absolute atomic E-state index is 12.8. The molecule has 0 bridgehead atoms. The number of sulfonamides is 1. The molecular weight excluding hydrogens is 362 g/mol. The largest absolute Gasteiger partial charge is 0.288 e. The lowest BCUT2D eigenvalue weighted by molar-refractivity contribution is 0.515. The van der Waals surface area contributed by atoms with Crippen LogP contribution >= 0.6 is 0 Å². The van der Waals surface area contributed by atoms with Crippen molar-refractivity contribution in [2.75, 3.05) is 0 Å². The van der Waals surface area contributed by atoms with E-state index in [1.807, 2.05) is 60.9 Å². The van der Waals surface area contributed by atoms with Gasteiger partial charge >= 0.3 is 0 Å². The third kappa shape index (κ3) is 5.15. The predicted octanol–water partition coefficient (Wildman–Crippen LogP) is 5.49. The Bertz CT molecular complexity index is 879. The molecule has 1 fully saturated rings. The Labute approximate surface area is 159 Å². The lowest BCUT2D eigenvalue weighted by Crippen LogP contribution is -2.18. The van der Waals surface area contributed by atoms with Crippen molar-refractivity contribution < 1.29 is 8.42 Å². The first-order chi connectivity index (χ1) is 12.5. The first-order valence-electron chi connectivity index (χ1n) is 9.04. The highest BCUT2D eigenvalue weighted by Gasteiger charge is 2.20. The minimum absolute atomic E-state index is 0.282. The Morgan fingerprint density at radius 3 is 2.27 bits per heavy atom. The Kier molecular flexibility index (Phi) is 6.43. The van der Waals surface area contributed by atoms with E-state index in [1.54, 1.807) is 12.1 Å². The van der Waals surface area contributed by atoms with E-state index in [9.17, 15) is 8.42 Å². The third-order valence-electron chi connectivity index (χ3n) is 4.60. The summed E-state index contributed by atoms with van der Waals surface area (Å²) in [7, 11) is -4.27. The van der Waals surface area contributed by atoms with Gasteiger partial charge in [0.2, 0.25) is 0 Å². The molecule has 1 unspecified atom stereocenters. The molecule has 1 aliphatic rings. The molecule has 1 atom stereocenters. The number of nitrogens with zero attached hydrogens (tertiary/aromatic N) is 1. The van der Waals surface area contributed by atoms with E-state index in [4.69, 9.17) is 0 Å². The van der Waals surface area contributed by atoms with Gasteiger partial charge in [0.05, 0.1) is 4.90 Å². The van der Waals surface area contributed by atoms with Gasteiger partial charge in [-0.15, -0.1) is 3.77 Å². The van der Waals surface area contributed by atoms with Gasteiger partial charge in [0.25, 0.3) is 10.0 Å². The monoisotopic (exact) mass is 387 g/mol. The van der Waals surface area contributed by atoms with Crippen molar-refractivity contribution in [2.24, 2.45) is 3.77 Å². The molecule has 3 rings (SSSR count). The fourth-order valence-corrected chi connectivity index (χ4v) is 6.83. The average Bonchev–Trinajstić information content (AvgIpc) is 2.67. The normalized spacial score (nSPS) is 17.6. The SMILES string of the molecule is Cc1ccc(S(=O)(=O)/N=S(/C=C\c2ccccc2)C2CCCCC2)cc1. The van der Waals surface area contributed by atoms with Crippen LogP contribution in [0.3, 0.4) is 0 Å². The standard InChI is InChI=1S/C21H25NO2S2/c1-18-12-14-21(15-13-18)26(23,24)22-25(20-10-6-3-7-11-20)17-16-19-8-4-2-5-9-19/h2,4-5,8-9,12-17,20H,3,6-7,10-11H2,1H3/b17-16-. The van der Waals surface area contributed by atoms with Gasteiger partial charge in [-0.1, -0.05) is 78.0 Å². The summed E-state index contributed by atoms with van der Waals surface area (Å²) in [5, 5.41) is 2.32. The van der Waals surface area contributed by atoms with E-state index in [1.165, 1.54) is 6.42 Å². The summed E-state index contributed by atoms with van der Waals surface area (Å²) in [6, 6.07) is 16.9. The molecular formula is C21H25NO2S2. The van der Waals surface area contributed by atoms with Crippen LogP contribution in [0.25, 0.3) is 6.08 Å². The van der Waals surface area contributed by atoms with E-state index in [0.717, 1.165) is 36.8 Å². The molecule has 1 saturated carbocycles. The Hall–Kier alpha value is -1.72. The third-order valence-corrected chi connectivity index (χ3v) is 8.51. The number of rotatable bonds is 5. The van der Waals surface area contributed by atoms with Gasteiger partial charge in [-0.05, 0) is 48.9 Å². The predicted molar refractivity (Wildman–Crippen MR) is 111 cm³/mol. The Morgan fingerprint density at radius 2 is 1.62 bits per heavy atom. The van der Waals surface area contributed by atoms with Crippen molar-refractivity contribution in [3.63, 3.8) is 0 Å². The zero-order valence-electron chi connectivity index (χ0n) is 15.0. The molecule has 0 radical (unpaired) electrons. The minimum atomic E-state index is -3.64. The number of hydrogen-bond acceptors (Lipinski definition) is 2. The summed E-state index contributed by atoms with van der Waals surface area (Å²) in [6.45, 7) is 1.95.